The van der Waals surface area contributed by atoms with Crippen LogP contribution in [0.15, 0.2) is 12.1 Å². The van der Waals surface area contributed by atoms with Crippen molar-refractivity contribution in [2.45, 2.75) is 0 Å². The van der Waals surface area contributed by atoms with E-state index in [1.165, 1.54) is 0 Å². The monoisotopic (exact) mass is 472 g/mol. The van der Waals surface area contributed by atoms with E-state index in [0.29, 0.717) is 5.75 Å². The van der Waals surface area contributed by atoms with Crippen LogP contribution >= 0.6 is 67.8 Å². The van der Waals surface area contributed by atoms with Crippen LogP contribution in [0.1, 0.15) is 0 Å². The average Bonchev–Trinajstić information content (AvgIpc) is 1.82. The van der Waals surface area contributed by atoms with Gasteiger partial charge in [-0.25, -0.2) is 0 Å². The molecular formula is C6H3I3O. The lowest BCUT2D eigenvalue weighted by atomic mass is 10.3. The zero-order chi connectivity index (χ0) is 7.72. The molecule has 0 aliphatic carbocycles. The van der Waals surface area contributed by atoms with Gasteiger partial charge in [0, 0.05) is 7.14 Å². The van der Waals surface area contributed by atoms with E-state index in [2.05, 4.69) is 67.8 Å². The van der Waals surface area contributed by atoms with E-state index < -0.39 is 0 Å². The molecule has 1 aromatic rings. The summed E-state index contributed by atoms with van der Waals surface area (Å²) >= 11 is 6.51. The van der Waals surface area contributed by atoms with Gasteiger partial charge < -0.3 is 5.11 Å². The molecule has 0 spiro atoms. The van der Waals surface area contributed by atoms with Gasteiger partial charge in [0.25, 0.3) is 0 Å². The molecule has 0 aliphatic rings. The highest BCUT2D eigenvalue weighted by Crippen LogP contribution is 2.26. The minimum Gasteiger partial charge on any atom is -0.507 e. The molecule has 1 aromatic carbocycles. The van der Waals surface area contributed by atoms with E-state index in [4.69, 9.17) is 0 Å². The molecule has 0 atom stereocenters. The third-order valence-corrected chi connectivity index (χ3v) is 4.61. The topological polar surface area (TPSA) is 20.2 Å². The Labute approximate surface area is 100 Å². The first-order valence-corrected chi connectivity index (χ1v) is 5.68. The van der Waals surface area contributed by atoms with Gasteiger partial charge in [-0.2, -0.15) is 0 Å². The van der Waals surface area contributed by atoms with Crippen molar-refractivity contribution in [1.29, 1.82) is 0 Å². The van der Waals surface area contributed by atoms with Crippen LogP contribution in [0, 0.1) is 10.7 Å². The van der Waals surface area contributed by atoms with Gasteiger partial charge in [-0.05, 0) is 79.9 Å². The van der Waals surface area contributed by atoms with Gasteiger partial charge in [0.05, 0.1) is 3.57 Å². The molecule has 0 unspecified atom stereocenters. The average molecular weight is 472 g/mol. The smallest absolute Gasteiger partial charge is 0.131 e. The highest BCUT2D eigenvalue weighted by Gasteiger charge is 2.02. The van der Waals surface area contributed by atoms with Crippen molar-refractivity contribution >= 4 is 67.8 Å². The lowest BCUT2D eigenvalue weighted by molar-refractivity contribution is 0.470. The zero-order valence-electron chi connectivity index (χ0n) is 4.74. The van der Waals surface area contributed by atoms with Crippen LogP contribution < -0.4 is 0 Å². The van der Waals surface area contributed by atoms with E-state index in [0.717, 1.165) is 10.7 Å². The van der Waals surface area contributed by atoms with Crippen molar-refractivity contribution in [2.75, 3.05) is 0 Å². The Morgan fingerprint density at radius 2 is 1.70 bits per heavy atom. The summed E-state index contributed by atoms with van der Waals surface area (Å²) in [4.78, 5) is 0. The van der Waals surface area contributed by atoms with Crippen molar-refractivity contribution in [3.63, 3.8) is 0 Å². The number of hydrogen-bond acceptors (Lipinski definition) is 1. The molecule has 1 nitrogen and oxygen atoms in total. The molecule has 10 heavy (non-hydrogen) atoms. The second-order valence-electron chi connectivity index (χ2n) is 1.72. The van der Waals surface area contributed by atoms with Gasteiger partial charge in [-0.3, -0.25) is 0 Å². The van der Waals surface area contributed by atoms with Crippen LogP contribution in [0.2, 0.25) is 0 Å². The van der Waals surface area contributed by atoms with Crippen LogP contribution in [0.25, 0.3) is 0 Å². The van der Waals surface area contributed by atoms with Gasteiger partial charge in [0.2, 0.25) is 0 Å². The minimum atomic E-state index is 0.372. The predicted octanol–water partition coefficient (Wildman–Crippen LogP) is 3.21. The molecule has 0 aliphatic heterocycles. The first-order chi connectivity index (χ1) is 4.61. The molecule has 0 amide bonds. The van der Waals surface area contributed by atoms with Gasteiger partial charge in [-0.1, -0.05) is 0 Å². The first kappa shape index (κ1) is 9.30. The summed E-state index contributed by atoms with van der Waals surface area (Å²) in [7, 11) is 0. The summed E-state index contributed by atoms with van der Waals surface area (Å²) in [5.74, 6) is 0.372. The first-order valence-electron chi connectivity index (χ1n) is 2.45. The zero-order valence-corrected chi connectivity index (χ0v) is 11.2. The van der Waals surface area contributed by atoms with Gasteiger partial charge in [-0.15, -0.1) is 0 Å². The largest absolute Gasteiger partial charge is 0.507 e. The normalized spacial score (nSPS) is 9.90. The van der Waals surface area contributed by atoms with Crippen molar-refractivity contribution in [3.8, 4) is 5.75 Å². The third-order valence-electron chi connectivity index (χ3n) is 0.974. The molecule has 0 bridgehead atoms. The number of benzene rings is 1. The Morgan fingerprint density at radius 3 is 2.20 bits per heavy atom. The fraction of sp³-hybridized carbons (Fsp3) is 0. The molecule has 1 rings (SSSR count). The van der Waals surface area contributed by atoms with Crippen molar-refractivity contribution in [3.05, 3.63) is 22.8 Å². The standard InChI is InChI=1S/C6H3I3O/c7-3-1-4(8)6(9)5(10)2-3/h1-2,10H. The Hall–Kier alpha value is 1.21. The van der Waals surface area contributed by atoms with Crippen molar-refractivity contribution < 1.29 is 5.11 Å². The van der Waals surface area contributed by atoms with Crippen LogP contribution in [0.5, 0.6) is 5.75 Å². The molecular weight excluding hydrogens is 469 g/mol. The molecule has 0 aromatic heterocycles. The second-order valence-corrected chi connectivity index (χ2v) is 5.21. The maximum Gasteiger partial charge on any atom is 0.131 e. The summed E-state index contributed by atoms with van der Waals surface area (Å²) in [5, 5.41) is 9.26. The van der Waals surface area contributed by atoms with E-state index in [-0.39, 0.29) is 0 Å². The van der Waals surface area contributed by atoms with Crippen LogP contribution in [0.4, 0.5) is 0 Å². The summed E-state index contributed by atoms with van der Waals surface area (Å²) in [6.07, 6.45) is 0. The van der Waals surface area contributed by atoms with Crippen molar-refractivity contribution in [1.82, 2.24) is 0 Å². The molecule has 0 saturated carbocycles. The summed E-state index contributed by atoms with van der Waals surface area (Å²) in [5.41, 5.74) is 0. The van der Waals surface area contributed by atoms with Crippen molar-refractivity contribution in [2.24, 2.45) is 0 Å². The number of aromatic hydroxyl groups is 1. The molecule has 54 valence electrons. The Kier molecular flexibility index (Phi) is 3.48. The van der Waals surface area contributed by atoms with E-state index in [1.54, 1.807) is 6.07 Å². The molecule has 0 fully saturated rings. The molecule has 0 heterocycles. The lowest BCUT2D eigenvalue weighted by Gasteiger charge is -1.99. The summed E-state index contributed by atoms with van der Waals surface area (Å²) in [6, 6.07) is 3.78. The summed E-state index contributed by atoms with van der Waals surface area (Å²) < 4.78 is 3.10. The molecule has 0 saturated heterocycles. The third kappa shape index (κ3) is 2.10. The summed E-state index contributed by atoms with van der Waals surface area (Å²) in [6.45, 7) is 0. The quantitative estimate of drug-likeness (QED) is 0.455. The number of hydrogen-bond donors (Lipinski definition) is 1. The molecule has 0 radical (unpaired) electrons. The van der Waals surface area contributed by atoms with Gasteiger partial charge >= 0.3 is 0 Å². The van der Waals surface area contributed by atoms with Gasteiger partial charge in [0.1, 0.15) is 5.75 Å². The van der Waals surface area contributed by atoms with E-state index in [9.17, 15) is 5.11 Å². The minimum absolute atomic E-state index is 0.372. The van der Waals surface area contributed by atoms with Gasteiger partial charge in [0.15, 0.2) is 0 Å². The van der Waals surface area contributed by atoms with E-state index in [1.807, 2.05) is 6.07 Å². The Bertz CT molecular complexity index is 236. The van der Waals surface area contributed by atoms with Crippen LogP contribution in [-0.4, -0.2) is 5.11 Å². The Morgan fingerprint density at radius 1 is 1.10 bits per heavy atom. The maximum absolute atomic E-state index is 9.26. The van der Waals surface area contributed by atoms with Crippen LogP contribution in [0.3, 0.4) is 0 Å². The number of phenolic OH excluding ortho intramolecular Hbond substituents is 1. The fourth-order valence-corrected chi connectivity index (χ4v) is 2.67. The SMILES string of the molecule is Oc1cc(I)cc(I)c1I. The second kappa shape index (κ2) is 3.74. The van der Waals surface area contributed by atoms with E-state index >= 15 is 0 Å². The Balaban J connectivity index is 3.31. The van der Waals surface area contributed by atoms with Crippen LogP contribution in [-0.2, 0) is 0 Å². The highest BCUT2D eigenvalue weighted by molar-refractivity contribution is 14.1. The molecule has 1 N–H and O–H groups in total. The number of phenols is 1. The fourth-order valence-electron chi connectivity index (χ4n) is 0.542. The number of rotatable bonds is 0. The molecule has 4 heteroatoms. The maximum atomic E-state index is 9.26. The lowest BCUT2D eigenvalue weighted by Crippen LogP contribution is -1.81. The number of halogens is 3. The predicted molar refractivity (Wildman–Crippen MR) is 66.3 cm³/mol. The highest BCUT2D eigenvalue weighted by atomic mass is 127.